The van der Waals surface area contributed by atoms with Crippen molar-refractivity contribution in [3.05, 3.63) is 156 Å². The predicted molar refractivity (Wildman–Crippen MR) is 164 cm³/mol. The maximum Gasteiger partial charge on any atom is 0.192 e. The molecule has 41 heavy (non-hydrogen) atoms. The van der Waals surface area contributed by atoms with Gasteiger partial charge in [0.2, 0.25) is 0 Å². The fourth-order valence-electron chi connectivity index (χ4n) is 6.22. The molecule has 0 aliphatic carbocycles. The Hall–Kier alpha value is -4.54. The van der Waals surface area contributed by atoms with E-state index in [1.54, 1.807) is 0 Å². The molecule has 4 aromatic carbocycles. The molecule has 2 heterocycles. The number of nitrogens with zero attached hydrogens (tertiary/aromatic N) is 2. The van der Waals surface area contributed by atoms with E-state index in [1.165, 1.54) is 0 Å². The van der Waals surface area contributed by atoms with Crippen molar-refractivity contribution < 1.29 is 9.53 Å². The van der Waals surface area contributed by atoms with Crippen LogP contribution in [0.2, 0.25) is 0 Å². The normalized spacial score (nSPS) is 17.2. The number of imidazole rings is 1. The lowest BCUT2D eigenvalue weighted by atomic mass is 9.77. The minimum atomic E-state index is -0.855. The molecule has 204 valence electrons. The van der Waals surface area contributed by atoms with Gasteiger partial charge in [0.25, 0.3) is 0 Å². The summed E-state index contributed by atoms with van der Waals surface area (Å²) in [5.74, 6) is 0.0130. The van der Waals surface area contributed by atoms with Crippen LogP contribution in [0.3, 0.4) is 0 Å². The highest BCUT2D eigenvalue weighted by molar-refractivity contribution is 6.08. The molecule has 6 rings (SSSR count). The Labute approximate surface area is 242 Å². The zero-order chi connectivity index (χ0) is 28.7. The molecule has 5 aromatic rings. The number of rotatable bonds is 6. The number of carbonyl (C=O) groups is 1. The highest BCUT2D eigenvalue weighted by Crippen LogP contribution is 2.43. The van der Waals surface area contributed by atoms with Gasteiger partial charge in [0.1, 0.15) is 11.1 Å². The van der Waals surface area contributed by atoms with Gasteiger partial charge >= 0.3 is 0 Å². The van der Waals surface area contributed by atoms with Gasteiger partial charge in [-0.3, -0.25) is 4.79 Å². The number of hydrogen-bond donors (Lipinski definition) is 0. The third-order valence-electron chi connectivity index (χ3n) is 8.03. The molecule has 0 radical (unpaired) electrons. The first-order valence-electron chi connectivity index (χ1n) is 14.0. The highest BCUT2D eigenvalue weighted by Gasteiger charge is 2.49. The smallest absolute Gasteiger partial charge is 0.192 e. The van der Waals surface area contributed by atoms with Crippen LogP contribution in [0.15, 0.2) is 133 Å². The quantitative estimate of drug-likeness (QED) is 0.163. The van der Waals surface area contributed by atoms with Crippen molar-refractivity contribution in [2.45, 2.75) is 44.4 Å². The zero-order valence-corrected chi connectivity index (χ0v) is 23.9. The first-order chi connectivity index (χ1) is 19.7. The summed E-state index contributed by atoms with van der Waals surface area (Å²) in [6.07, 6.45) is 6.01. The molecule has 0 bridgehead atoms. The van der Waals surface area contributed by atoms with Crippen molar-refractivity contribution in [3.8, 4) is 11.3 Å². The molecule has 0 spiro atoms. The number of hydrogen-bond acceptors (Lipinski definition) is 3. The summed E-state index contributed by atoms with van der Waals surface area (Å²) in [7, 11) is 0. The van der Waals surface area contributed by atoms with Gasteiger partial charge in [-0.15, -0.1) is 0 Å². The lowest BCUT2D eigenvalue weighted by Crippen LogP contribution is -2.36. The molecule has 4 nitrogen and oxygen atoms in total. The van der Waals surface area contributed by atoms with Gasteiger partial charge in [0.05, 0.1) is 17.6 Å². The summed E-state index contributed by atoms with van der Waals surface area (Å²) in [5, 5.41) is 0. The minimum Gasteiger partial charge on any atom is -0.357 e. The van der Waals surface area contributed by atoms with Crippen LogP contribution in [-0.2, 0) is 15.1 Å². The van der Waals surface area contributed by atoms with Crippen LogP contribution in [-0.4, -0.2) is 26.5 Å². The number of ketones is 1. The molecule has 1 saturated heterocycles. The van der Waals surface area contributed by atoms with Crippen molar-refractivity contribution in [1.82, 2.24) is 9.55 Å². The van der Waals surface area contributed by atoms with Crippen LogP contribution < -0.4 is 0 Å². The van der Waals surface area contributed by atoms with Gasteiger partial charge in [0, 0.05) is 17.3 Å². The molecule has 0 unspecified atom stereocenters. The van der Waals surface area contributed by atoms with Gasteiger partial charge in [-0.25, -0.2) is 4.98 Å². The molecule has 0 atom stereocenters. The first kappa shape index (κ1) is 26.7. The van der Waals surface area contributed by atoms with Crippen LogP contribution in [0.1, 0.15) is 49.9 Å². The van der Waals surface area contributed by atoms with Crippen LogP contribution in [0.25, 0.3) is 17.3 Å². The summed E-state index contributed by atoms with van der Waals surface area (Å²) in [6.45, 7) is 7.58. The largest absolute Gasteiger partial charge is 0.357 e. The van der Waals surface area contributed by atoms with E-state index in [0.717, 1.165) is 33.5 Å². The fourth-order valence-corrected chi connectivity index (χ4v) is 6.22. The molecule has 1 aromatic heterocycles. The van der Waals surface area contributed by atoms with E-state index in [-0.39, 0.29) is 5.78 Å². The Kier molecular flexibility index (Phi) is 6.59. The predicted octanol–water partition coefficient (Wildman–Crippen LogP) is 7.93. The van der Waals surface area contributed by atoms with Gasteiger partial charge < -0.3 is 9.30 Å². The second-order valence-corrected chi connectivity index (χ2v) is 11.6. The average molecular weight is 539 g/mol. The maximum atomic E-state index is 13.3. The van der Waals surface area contributed by atoms with Crippen molar-refractivity contribution in [3.63, 3.8) is 0 Å². The van der Waals surface area contributed by atoms with Crippen LogP contribution in [0.5, 0.6) is 0 Å². The molecule has 0 amide bonds. The number of carbonyl (C=O) groups excluding carboxylic acids is 1. The van der Waals surface area contributed by atoms with E-state index < -0.39 is 16.7 Å². The van der Waals surface area contributed by atoms with Crippen molar-refractivity contribution >= 4 is 11.9 Å². The monoisotopic (exact) mass is 538 g/mol. The van der Waals surface area contributed by atoms with Gasteiger partial charge in [0.15, 0.2) is 5.78 Å². The third-order valence-corrected chi connectivity index (χ3v) is 8.03. The Balaban J connectivity index is 1.55. The second-order valence-electron chi connectivity index (χ2n) is 11.6. The van der Waals surface area contributed by atoms with E-state index in [0.29, 0.717) is 5.57 Å². The van der Waals surface area contributed by atoms with Crippen LogP contribution >= 0.6 is 0 Å². The maximum absolute atomic E-state index is 13.3. The number of benzene rings is 4. The summed E-state index contributed by atoms with van der Waals surface area (Å²) >= 11 is 0. The Morgan fingerprint density at radius 3 is 1.66 bits per heavy atom. The van der Waals surface area contributed by atoms with Crippen LogP contribution in [0, 0.1) is 0 Å². The van der Waals surface area contributed by atoms with E-state index in [9.17, 15) is 4.79 Å². The highest BCUT2D eigenvalue weighted by atomic mass is 16.5. The lowest BCUT2D eigenvalue weighted by Gasteiger charge is -2.37. The van der Waals surface area contributed by atoms with E-state index in [2.05, 4.69) is 89.6 Å². The van der Waals surface area contributed by atoms with Gasteiger partial charge in [-0.05, 0) is 56.0 Å². The molecular formula is C37H34N2O2. The number of ether oxygens (including phenoxy) is 1. The molecule has 1 fully saturated rings. The fraction of sp³-hybridized carbons (Fsp3) is 0.189. The number of aromatic nitrogens is 2. The third kappa shape index (κ3) is 4.55. The van der Waals surface area contributed by atoms with E-state index in [4.69, 9.17) is 9.72 Å². The Morgan fingerprint density at radius 1 is 0.683 bits per heavy atom. The molecular weight excluding hydrogens is 504 g/mol. The second kappa shape index (κ2) is 10.1. The Bertz CT molecular complexity index is 1620. The van der Waals surface area contributed by atoms with Crippen molar-refractivity contribution in [2.75, 3.05) is 0 Å². The van der Waals surface area contributed by atoms with E-state index >= 15 is 0 Å². The molecule has 0 saturated carbocycles. The summed E-state index contributed by atoms with van der Waals surface area (Å²) in [4.78, 5) is 18.3. The van der Waals surface area contributed by atoms with Crippen molar-refractivity contribution in [2.24, 2.45) is 0 Å². The standard InChI is InChI=1S/C37H34N2O2/c1-35(2)32(34(40)36(3,4)41-35)24-27-16-14-15-23-31(27)33-25-39(26-38-33)37(28-17-8-5-9-18-28,29-19-10-6-11-20-29)30-21-12-7-13-22-30/h5-26H,1-4H3. The molecule has 4 heteroatoms. The zero-order valence-electron chi connectivity index (χ0n) is 23.9. The average Bonchev–Trinajstić information content (AvgIpc) is 3.53. The molecule has 1 aliphatic heterocycles. The summed E-state index contributed by atoms with van der Waals surface area (Å²) in [5.41, 5.74) is 4.59. The topological polar surface area (TPSA) is 44.1 Å². The SMILES string of the molecule is CC1(C)OC(C)(C)C(=Cc2ccccc2-c2cn(C(c3ccccc3)(c3ccccc3)c3ccccc3)cn2)C1=O. The van der Waals surface area contributed by atoms with Crippen LogP contribution in [0.4, 0.5) is 0 Å². The first-order valence-corrected chi connectivity index (χ1v) is 14.0. The lowest BCUT2D eigenvalue weighted by molar-refractivity contribution is -0.132. The Morgan fingerprint density at radius 2 is 1.17 bits per heavy atom. The molecule has 0 N–H and O–H groups in total. The summed E-state index contributed by atoms with van der Waals surface area (Å²) in [6, 6.07) is 39.8. The molecule has 1 aliphatic rings. The van der Waals surface area contributed by atoms with Gasteiger partial charge in [-0.1, -0.05) is 115 Å². The van der Waals surface area contributed by atoms with Crippen molar-refractivity contribution in [1.29, 1.82) is 0 Å². The van der Waals surface area contributed by atoms with Gasteiger partial charge in [-0.2, -0.15) is 0 Å². The minimum absolute atomic E-state index is 0.0130. The summed E-state index contributed by atoms with van der Waals surface area (Å²) < 4.78 is 8.35. The number of Topliss-reactive ketones (excluding diaryl/α,β-unsaturated/α-hetero) is 1. The van der Waals surface area contributed by atoms with E-state index in [1.807, 2.05) is 76.5 Å².